The molecule has 0 aliphatic rings. The highest BCUT2D eigenvalue weighted by atomic mass is 79.9. The zero-order valence-corrected chi connectivity index (χ0v) is 14.7. The van der Waals surface area contributed by atoms with E-state index in [2.05, 4.69) is 51.7 Å². The van der Waals surface area contributed by atoms with E-state index in [-0.39, 0.29) is 0 Å². The minimum absolute atomic E-state index is 0.685. The van der Waals surface area contributed by atoms with Crippen LogP contribution >= 0.6 is 27.3 Å². The normalized spacial score (nSPS) is 10.6. The van der Waals surface area contributed by atoms with E-state index < -0.39 is 0 Å². The van der Waals surface area contributed by atoms with Gasteiger partial charge in [-0.05, 0) is 51.5 Å². The molecule has 1 N–H and O–H groups in total. The van der Waals surface area contributed by atoms with E-state index in [4.69, 9.17) is 9.47 Å². The van der Waals surface area contributed by atoms with Gasteiger partial charge in [0.25, 0.3) is 0 Å². The number of benzene rings is 1. The Labute approximate surface area is 138 Å². The first-order valence-corrected chi connectivity index (χ1v) is 8.64. The second-order valence-corrected chi connectivity index (χ2v) is 6.53. The predicted molar refractivity (Wildman–Crippen MR) is 91.3 cm³/mol. The van der Waals surface area contributed by atoms with Crippen molar-refractivity contribution in [3.05, 3.63) is 44.6 Å². The summed E-state index contributed by atoms with van der Waals surface area (Å²) in [7, 11) is 1.67. The van der Waals surface area contributed by atoms with Gasteiger partial charge in [-0.25, -0.2) is 0 Å². The van der Waals surface area contributed by atoms with Crippen LogP contribution in [0.15, 0.2) is 34.1 Å². The number of methoxy groups -OCH3 is 1. The maximum atomic E-state index is 5.74. The fraction of sp³-hybridized carbons (Fsp3) is 0.375. The molecule has 0 radical (unpaired) electrons. The molecule has 5 heteroatoms. The molecular formula is C16H20BrNO2S. The van der Waals surface area contributed by atoms with Crippen LogP contribution < -0.4 is 14.8 Å². The van der Waals surface area contributed by atoms with Crippen LogP contribution in [0.1, 0.15) is 23.8 Å². The largest absolute Gasteiger partial charge is 0.493 e. The third kappa shape index (κ3) is 4.73. The zero-order valence-electron chi connectivity index (χ0n) is 12.3. The van der Waals surface area contributed by atoms with Crippen molar-refractivity contribution in [2.75, 3.05) is 13.7 Å². The van der Waals surface area contributed by atoms with E-state index in [0.29, 0.717) is 6.61 Å². The molecule has 2 rings (SSSR count). The van der Waals surface area contributed by atoms with Gasteiger partial charge in [-0.2, -0.15) is 0 Å². The van der Waals surface area contributed by atoms with Crippen molar-refractivity contribution in [1.29, 1.82) is 0 Å². The average molecular weight is 370 g/mol. The van der Waals surface area contributed by atoms with Gasteiger partial charge < -0.3 is 14.8 Å². The first kappa shape index (κ1) is 16.3. The Morgan fingerprint density at radius 3 is 2.81 bits per heavy atom. The highest BCUT2D eigenvalue weighted by molar-refractivity contribution is 9.10. The monoisotopic (exact) mass is 369 g/mol. The molecule has 21 heavy (non-hydrogen) atoms. The van der Waals surface area contributed by atoms with Crippen LogP contribution in [0.2, 0.25) is 0 Å². The van der Waals surface area contributed by atoms with Crippen LogP contribution in [0.4, 0.5) is 0 Å². The van der Waals surface area contributed by atoms with Gasteiger partial charge in [-0.1, -0.05) is 13.0 Å². The Bertz CT molecular complexity index is 558. The van der Waals surface area contributed by atoms with Crippen LogP contribution in [0.3, 0.4) is 0 Å². The van der Waals surface area contributed by atoms with E-state index in [1.807, 2.05) is 6.07 Å². The summed E-state index contributed by atoms with van der Waals surface area (Å²) in [5.41, 5.74) is 1.17. The van der Waals surface area contributed by atoms with Crippen molar-refractivity contribution >= 4 is 27.3 Å². The summed E-state index contributed by atoms with van der Waals surface area (Å²) < 4.78 is 12.1. The zero-order chi connectivity index (χ0) is 15.1. The number of thiophene rings is 1. The van der Waals surface area contributed by atoms with E-state index in [0.717, 1.165) is 35.5 Å². The van der Waals surface area contributed by atoms with Gasteiger partial charge in [0, 0.05) is 18.0 Å². The number of hydrogen-bond donors (Lipinski definition) is 1. The molecule has 3 nitrogen and oxygen atoms in total. The number of hydrogen-bond acceptors (Lipinski definition) is 4. The molecule has 2 aromatic rings. The Morgan fingerprint density at radius 1 is 1.29 bits per heavy atom. The summed E-state index contributed by atoms with van der Waals surface area (Å²) in [6, 6.07) is 8.31. The van der Waals surface area contributed by atoms with Gasteiger partial charge in [0.15, 0.2) is 11.5 Å². The third-order valence-corrected chi connectivity index (χ3v) is 4.41. The highest BCUT2D eigenvalue weighted by Gasteiger charge is 2.11. The lowest BCUT2D eigenvalue weighted by atomic mass is 10.2. The molecule has 0 aliphatic heterocycles. The quantitative estimate of drug-likeness (QED) is 0.737. The summed E-state index contributed by atoms with van der Waals surface area (Å²) in [6.07, 6.45) is 0.972. The van der Waals surface area contributed by atoms with Crippen LogP contribution in [0, 0.1) is 0 Å². The fourth-order valence-electron chi connectivity index (χ4n) is 1.96. The van der Waals surface area contributed by atoms with Gasteiger partial charge in [-0.3, -0.25) is 0 Å². The minimum Gasteiger partial charge on any atom is -0.493 e. The van der Waals surface area contributed by atoms with Crippen LogP contribution in [0.25, 0.3) is 0 Å². The van der Waals surface area contributed by atoms with E-state index in [1.165, 1.54) is 10.4 Å². The lowest BCUT2D eigenvalue weighted by molar-refractivity contribution is 0.292. The van der Waals surface area contributed by atoms with Gasteiger partial charge in [0.2, 0.25) is 0 Å². The lowest BCUT2D eigenvalue weighted by Gasteiger charge is -2.14. The second-order valence-electron chi connectivity index (χ2n) is 4.64. The Balaban J connectivity index is 2.01. The molecule has 1 aromatic heterocycles. The first-order chi connectivity index (χ1) is 10.2. The fourth-order valence-corrected chi connectivity index (χ4v) is 3.24. The Hall–Kier alpha value is -1.04. The van der Waals surface area contributed by atoms with Crippen LogP contribution in [-0.4, -0.2) is 13.7 Å². The van der Waals surface area contributed by atoms with Crippen molar-refractivity contribution in [2.45, 2.75) is 26.4 Å². The Kier molecular flexibility index (Phi) is 6.54. The summed E-state index contributed by atoms with van der Waals surface area (Å²) >= 11 is 5.33. The summed E-state index contributed by atoms with van der Waals surface area (Å²) in [6.45, 7) is 4.45. The standard InChI is InChI=1S/C16H20BrNO2S/c1-3-6-20-16-14(17)8-12(9-15(16)19-2)10-18-11-13-5-4-7-21-13/h4-5,7-9,18H,3,6,10-11H2,1-2H3. The number of ether oxygens (including phenoxy) is 2. The molecule has 0 fully saturated rings. The van der Waals surface area contributed by atoms with Crippen molar-refractivity contribution in [1.82, 2.24) is 5.32 Å². The molecule has 1 heterocycles. The molecule has 0 amide bonds. The number of nitrogens with one attached hydrogen (secondary N) is 1. The molecule has 1 aromatic carbocycles. The van der Waals surface area contributed by atoms with Crippen molar-refractivity contribution < 1.29 is 9.47 Å². The van der Waals surface area contributed by atoms with Crippen molar-refractivity contribution in [2.24, 2.45) is 0 Å². The topological polar surface area (TPSA) is 30.5 Å². The third-order valence-electron chi connectivity index (χ3n) is 2.95. The minimum atomic E-state index is 0.685. The molecule has 0 bridgehead atoms. The van der Waals surface area contributed by atoms with Crippen LogP contribution in [-0.2, 0) is 13.1 Å². The molecule has 0 unspecified atom stereocenters. The summed E-state index contributed by atoms with van der Waals surface area (Å²) in [5, 5.41) is 5.53. The van der Waals surface area contributed by atoms with Gasteiger partial charge >= 0.3 is 0 Å². The SMILES string of the molecule is CCCOc1c(Br)cc(CNCc2cccs2)cc1OC. The molecule has 0 saturated carbocycles. The molecule has 0 spiro atoms. The van der Waals surface area contributed by atoms with Gasteiger partial charge in [0.1, 0.15) is 0 Å². The smallest absolute Gasteiger partial charge is 0.175 e. The van der Waals surface area contributed by atoms with Crippen molar-refractivity contribution in [3.8, 4) is 11.5 Å². The van der Waals surface area contributed by atoms with E-state index >= 15 is 0 Å². The summed E-state index contributed by atoms with van der Waals surface area (Å²) in [5.74, 6) is 1.55. The Morgan fingerprint density at radius 2 is 2.14 bits per heavy atom. The van der Waals surface area contributed by atoms with E-state index in [1.54, 1.807) is 18.4 Å². The molecular weight excluding hydrogens is 350 g/mol. The highest BCUT2D eigenvalue weighted by Crippen LogP contribution is 2.36. The number of halogens is 1. The molecule has 0 saturated heterocycles. The second kappa shape index (κ2) is 8.41. The maximum Gasteiger partial charge on any atom is 0.175 e. The van der Waals surface area contributed by atoms with Crippen LogP contribution in [0.5, 0.6) is 11.5 Å². The van der Waals surface area contributed by atoms with Crippen molar-refractivity contribution in [3.63, 3.8) is 0 Å². The van der Waals surface area contributed by atoms with Gasteiger partial charge in [0.05, 0.1) is 18.2 Å². The maximum absolute atomic E-state index is 5.74. The van der Waals surface area contributed by atoms with E-state index in [9.17, 15) is 0 Å². The average Bonchev–Trinajstić information content (AvgIpc) is 2.99. The predicted octanol–water partition coefficient (Wildman–Crippen LogP) is 4.60. The summed E-state index contributed by atoms with van der Waals surface area (Å²) in [4.78, 5) is 1.34. The molecule has 0 aliphatic carbocycles. The lowest BCUT2D eigenvalue weighted by Crippen LogP contribution is -2.12. The van der Waals surface area contributed by atoms with Gasteiger partial charge in [-0.15, -0.1) is 11.3 Å². The first-order valence-electron chi connectivity index (χ1n) is 6.97. The molecule has 0 atom stereocenters. The molecule has 114 valence electrons. The number of rotatable bonds is 8.